The van der Waals surface area contributed by atoms with E-state index in [1.54, 1.807) is 18.2 Å². The maximum absolute atomic E-state index is 11.5. The van der Waals surface area contributed by atoms with Gasteiger partial charge in [-0.3, -0.25) is 0 Å². The van der Waals surface area contributed by atoms with Crippen LogP contribution in [0.3, 0.4) is 0 Å². The van der Waals surface area contributed by atoms with Crippen LogP contribution < -0.4 is 4.74 Å². The monoisotopic (exact) mass is 237 g/mol. The standard InChI is InChI=1S/C11H8ClNO3/c1-7-3-2-4-8(5-7)15-11(14)10-13-6-9(12)16-10/h2-6H,1H3. The number of esters is 1. The van der Waals surface area contributed by atoms with Crippen molar-refractivity contribution in [3.63, 3.8) is 0 Å². The highest BCUT2D eigenvalue weighted by Gasteiger charge is 2.15. The Bertz CT molecular complexity index is 521. The summed E-state index contributed by atoms with van der Waals surface area (Å²) in [5.74, 6) is -0.386. The lowest BCUT2D eigenvalue weighted by atomic mass is 10.2. The predicted molar refractivity (Wildman–Crippen MR) is 57.7 cm³/mol. The summed E-state index contributed by atoms with van der Waals surface area (Å²) < 4.78 is 9.87. The smallest absolute Gasteiger partial charge is 0.400 e. The topological polar surface area (TPSA) is 52.3 Å². The van der Waals surface area contributed by atoms with Gasteiger partial charge in [0.1, 0.15) is 5.75 Å². The number of carbonyl (C=O) groups is 1. The largest absolute Gasteiger partial charge is 0.419 e. The highest BCUT2D eigenvalue weighted by Crippen LogP contribution is 2.15. The third-order valence-corrected chi connectivity index (χ3v) is 2.03. The molecule has 0 fully saturated rings. The van der Waals surface area contributed by atoms with Gasteiger partial charge in [-0.25, -0.2) is 9.78 Å². The lowest BCUT2D eigenvalue weighted by Crippen LogP contribution is -2.08. The number of nitrogens with zero attached hydrogens (tertiary/aromatic N) is 1. The van der Waals surface area contributed by atoms with Gasteiger partial charge >= 0.3 is 11.9 Å². The molecule has 2 rings (SSSR count). The molecule has 1 aromatic heterocycles. The molecule has 4 nitrogen and oxygen atoms in total. The summed E-state index contributed by atoms with van der Waals surface area (Å²) >= 11 is 5.50. The van der Waals surface area contributed by atoms with E-state index >= 15 is 0 Å². The molecular weight excluding hydrogens is 230 g/mol. The molecule has 16 heavy (non-hydrogen) atoms. The highest BCUT2D eigenvalue weighted by atomic mass is 35.5. The van der Waals surface area contributed by atoms with Gasteiger partial charge in [0.15, 0.2) is 0 Å². The molecule has 5 heteroatoms. The molecule has 0 amide bonds. The van der Waals surface area contributed by atoms with Crippen LogP contribution in [0.4, 0.5) is 0 Å². The Balaban J connectivity index is 2.13. The third kappa shape index (κ3) is 2.41. The molecule has 1 heterocycles. The molecule has 0 aliphatic heterocycles. The summed E-state index contributed by atoms with van der Waals surface area (Å²) in [4.78, 5) is 15.2. The van der Waals surface area contributed by atoms with Crippen molar-refractivity contribution in [2.24, 2.45) is 0 Å². The van der Waals surface area contributed by atoms with Gasteiger partial charge in [0.25, 0.3) is 0 Å². The van der Waals surface area contributed by atoms with Gasteiger partial charge in [-0.05, 0) is 36.2 Å². The molecule has 0 bridgehead atoms. The van der Waals surface area contributed by atoms with Crippen molar-refractivity contribution in [3.8, 4) is 5.75 Å². The molecule has 0 radical (unpaired) electrons. The number of rotatable bonds is 2. The van der Waals surface area contributed by atoms with Crippen molar-refractivity contribution in [2.45, 2.75) is 6.92 Å². The minimum atomic E-state index is -0.669. The first kappa shape index (κ1) is 10.7. The van der Waals surface area contributed by atoms with Crippen LogP contribution in [0.5, 0.6) is 5.75 Å². The quantitative estimate of drug-likeness (QED) is 0.595. The molecule has 0 aliphatic rings. The number of halogens is 1. The lowest BCUT2D eigenvalue weighted by molar-refractivity contribution is 0.0693. The van der Waals surface area contributed by atoms with Crippen molar-refractivity contribution in [1.82, 2.24) is 4.98 Å². The molecular formula is C11H8ClNO3. The molecule has 0 saturated carbocycles. The van der Waals surface area contributed by atoms with Crippen molar-refractivity contribution in [1.29, 1.82) is 0 Å². The number of hydrogen-bond acceptors (Lipinski definition) is 4. The number of carbonyl (C=O) groups excluding carboxylic acids is 1. The van der Waals surface area contributed by atoms with E-state index in [0.717, 1.165) is 5.56 Å². The van der Waals surface area contributed by atoms with Crippen LogP contribution in [-0.2, 0) is 0 Å². The fraction of sp³-hybridized carbons (Fsp3) is 0.0909. The highest BCUT2D eigenvalue weighted by molar-refractivity contribution is 6.28. The summed E-state index contributed by atoms with van der Waals surface area (Å²) in [6, 6.07) is 7.11. The minimum Gasteiger partial charge on any atom is -0.419 e. The number of hydrogen-bond donors (Lipinski definition) is 0. The Morgan fingerprint density at radius 3 is 2.94 bits per heavy atom. The SMILES string of the molecule is Cc1cccc(OC(=O)c2ncc(Cl)o2)c1. The molecule has 2 aromatic rings. The Labute approximate surface area is 96.8 Å². The molecule has 0 N–H and O–H groups in total. The fourth-order valence-electron chi connectivity index (χ4n) is 1.18. The molecule has 0 saturated heterocycles. The van der Waals surface area contributed by atoms with E-state index in [1.165, 1.54) is 6.20 Å². The number of ether oxygens (including phenoxy) is 1. The van der Waals surface area contributed by atoms with E-state index in [1.807, 2.05) is 13.0 Å². The van der Waals surface area contributed by atoms with Gasteiger partial charge in [-0.15, -0.1) is 0 Å². The molecule has 0 unspecified atom stereocenters. The zero-order valence-electron chi connectivity index (χ0n) is 8.44. The molecule has 0 spiro atoms. The van der Waals surface area contributed by atoms with Crippen LogP contribution >= 0.6 is 11.6 Å². The van der Waals surface area contributed by atoms with E-state index in [-0.39, 0.29) is 11.1 Å². The van der Waals surface area contributed by atoms with Crippen molar-refractivity contribution in [2.75, 3.05) is 0 Å². The average Bonchev–Trinajstić information content (AvgIpc) is 2.65. The van der Waals surface area contributed by atoms with Crippen LogP contribution in [-0.4, -0.2) is 11.0 Å². The van der Waals surface area contributed by atoms with E-state index in [0.29, 0.717) is 5.75 Å². The number of benzene rings is 1. The number of aromatic nitrogens is 1. The Kier molecular flexibility index (Phi) is 2.92. The van der Waals surface area contributed by atoms with E-state index in [4.69, 9.17) is 20.8 Å². The first-order valence-corrected chi connectivity index (χ1v) is 4.93. The zero-order valence-corrected chi connectivity index (χ0v) is 9.19. The van der Waals surface area contributed by atoms with E-state index < -0.39 is 5.97 Å². The van der Waals surface area contributed by atoms with Gasteiger partial charge in [-0.2, -0.15) is 0 Å². The predicted octanol–water partition coefficient (Wildman–Crippen LogP) is 2.86. The summed E-state index contributed by atoms with van der Waals surface area (Å²) in [6.07, 6.45) is 1.24. The van der Waals surface area contributed by atoms with Gasteiger partial charge in [0.2, 0.25) is 5.22 Å². The maximum Gasteiger partial charge on any atom is 0.400 e. The number of oxazole rings is 1. The molecule has 1 aromatic carbocycles. The van der Waals surface area contributed by atoms with E-state index in [2.05, 4.69) is 4.98 Å². The normalized spacial score (nSPS) is 10.1. The Hall–Kier alpha value is -1.81. The molecule has 0 atom stereocenters. The van der Waals surface area contributed by atoms with Crippen LogP contribution in [0.25, 0.3) is 0 Å². The lowest BCUT2D eigenvalue weighted by Gasteiger charge is -2.01. The second-order valence-electron chi connectivity index (χ2n) is 3.18. The fourth-order valence-corrected chi connectivity index (χ4v) is 1.30. The Morgan fingerprint density at radius 1 is 1.50 bits per heavy atom. The first-order chi connectivity index (χ1) is 7.65. The van der Waals surface area contributed by atoms with Gasteiger partial charge in [0.05, 0.1) is 6.20 Å². The van der Waals surface area contributed by atoms with Crippen molar-refractivity contribution in [3.05, 3.63) is 47.1 Å². The van der Waals surface area contributed by atoms with Crippen LogP contribution in [0.15, 0.2) is 34.9 Å². The maximum atomic E-state index is 11.5. The van der Waals surface area contributed by atoms with Gasteiger partial charge in [0, 0.05) is 0 Å². The third-order valence-electron chi connectivity index (χ3n) is 1.85. The summed E-state index contributed by atoms with van der Waals surface area (Å²) in [5.41, 5.74) is 0.996. The van der Waals surface area contributed by atoms with Crippen molar-refractivity contribution >= 4 is 17.6 Å². The van der Waals surface area contributed by atoms with Crippen molar-refractivity contribution < 1.29 is 13.9 Å². The van der Waals surface area contributed by atoms with Crippen LogP contribution in [0.2, 0.25) is 5.22 Å². The van der Waals surface area contributed by atoms with Crippen LogP contribution in [0, 0.1) is 6.92 Å². The summed E-state index contributed by atoms with van der Waals surface area (Å²) in [5, 5.41) is 0.0520. The summed E-state index contributed by atoms with van der Waals surface area (Å²) in [6.45, 7) is 1.90. The average molecular weight is 238 g/mol. The minimum absolute atomic E-state index is 0.0520. The second-order valence-corrected chi connectivity index (χ2v) is 3.55. The van der Waals surface area contributed by atoms with E-state index in [9.17, 15) is 4.79 Å². The number of aryl methyl sites for hydroxylation is 1. The second kappa shape index (κ2) is 4.37. The van der Waals surface area contributed by atoms with Gasteiger partial charge < -0.3 is 9.15 Å². The van der Waals surface area contributed by atoms with Gasteiger partial charge in [-0.1, -0.05) is 12.1 Å². The Morgan fingerprint density at radius 2 is 2.31 bits per heavy atom. The van der Waals surface area contributed by atoms with Crippen LogP contribution in [0.1, 0.15) is 16.2 Å². The first-order valence-electron chi connectivity index (χ1n) is 4.55. The molecule has 82 valence electrons. The summed E-state index contributed by atoms with van der Waals surface area (Å²) in [7, 11) is 0. The molecule has 0 aliphatic carbocycles. The zero-order chi connectivity index (χ0) is 11.5.